The number of nitrogens with one attached hydrogen (secondary N) is 2. The molecule has 0 aliphatic heterocycles. The Morgan fingerprint density at radius 3 is 2.68 bits per heavy atom. The number of methoxy groups -OCH3 is 1. The summed E-state index contributed by atoms with van der Waals surface area (Å²) in [6, 6.07) is 2.41. The van der Waals surface area contributed by atoms with E-state index in [1.807, 2.05) is 0 Å². The molecule has 7 nitrogen and oxygen atoms in total. The predicted octanol–water partition coefficient (Wildman–Crippen LogP) is 0.916. The summed E-state index contributed by atoms with van der Waals surface area (Å²) in [6.45, 7) is -0.713. The van der Waals surface area contributed by atoms with Crippen molar-refractivity contribution >= 4 is 29.3 Å². The van der Waals surface area contributed by atoms with Gasteiger partial charge in [0.15, 0.2) is 6.04 Å². The zero-order valence-corrected chi connectivity index (χ0v) is 10.8. The summed E-state index contributed by atoms with van der Waals surface area (Å²) in [5, 5.41) is 22.3. The molecule has 0 aliphatic carbocycles. The maximum absolute atomic E-state index is 11.6. The van der Waals surface area contributed by atoms with Gasteiger partial charge in [0, 0.05) is 5.02 Å². The zero-order valence-electron chi connectivity index (χ0n) is 10.0. The van der Waals surface area contributed by atoms with Crippen molar-refractivity contribution in [2.75, 3.05) is 19.0 Å². The van der Waals surface area contributed by atoms with Crippen LogP contribution < -0.4 is 15.4 Å². The highest BCUT2D eigenvalue weighted by atomic mass is 35.5. The summed E-state index contributed by atoms with van der Waals surface area (Å²) in [5.74, 6) is -0.967. The van der Waals surface area contributed by atoms with Gasteiger partial charge in [-0.15, -0.1) is 0 Å². The average Bonchev–Trinajstić information content (AvgIpc) is 2.35. The van der Waals surface area contributed by atoms with Crippen molar-refractivity contribution in [2.24, 2.45) is 0 Å². The van der Waals surface area contributed by atoms with Gasteiger partial charge in [0.2, 0.25) is 0 Å². The molecule has 1 aromatic rings. The minimum Gasteiger partial charge on any atom is -0.495 e. The fourth-order valence-electron chi connectivity index (χ4n) is 1.28. The molecule has 1 atom stereocenters. The number of amides is 2. The van der Waals surface area contributed by atoms with E-state index in [1.54, 1.807) is 12.1 Å². The lowest BCUT2D eigenvalue weighted by Crippen LogP contribution is -2.45. The minimum absolute atomic E-state index is 0.287. The molecule has 104 valence electrons. The molecule has 2 amide bonds. The molecule has 0 bridgehead atoms. The Bertz CT molecular complexity index is 480. The largest absolute Gasteiger partial charge is 0.495 e. The lowest BCUT2D eigenvalue weighted by molar-refractivity contribution is -0.140. The molecule has 0 fully saturated rings. The van der Waals surface area contributed by atoms with E-state index in [0.717, 1.165) is 0 Å². The number of aliphatic hydroxyl groups is 1. The van der Waals surface area contributed by atoms with Crippen LogP contribution in [0.3, 0.4) is 0 Å². The van der Waals surface area contributed by atoms with Crippen LogP contribution in [0.15, 0.2) is 18.2 Å². The van der Waals surface area contributed by atoms with Crippen molar-refractivity contribution in [3.05, 3.63) is 23.2 Å². The van der Waals surface area contributed by atoms with Crippen molar-refractivity contribution in [3.8, 4) is 5.75 Å². The molecule has 0 saturated carbocycles. The Kier molecular flexibility index (Phi) is 5.40. The molecule has 1 aromatic carbocycles. The minimum atomic E-state index is -1.38. The highest BCUT2D eigenvalue weighted by Gasteiger charge is 2.19. The van der Waals surface area contributed by atoms with Gasteiger partial charge < -0.3 is 25.6 Å². The monoisotopic (exact) mass is 288 g/mol. The molecule has 0 aliphatic rings. The molecule has 0 radical (unpaired) electrons. The predicted molar refractivity (Wildman–Crippen MR) is 68.7 cm³/mol. The van der Waals surface area contributed by atoms with Gasteiger partial charge >= 0.3 is 12.0 Å². The Balaban J connectivity index is 2.76. The summed E-state index contributed by atoms with van der Waals surface area (Å²) in [7, 11) is 1.42. The lowest BCUT2D eigenvalue weighted by Gasteiger charge is -2.14. The molecule has 0 aromatic heterocycles. The van der Waals surface area contributed by atoms with Crippen LogP contribution in [-0.4, -0.2) is 42.0 Å². The first-order chi connectivity index (χ1) is 8.97. The number of carbonyl (C=O) groups is 2. The molecule has 1 rings (SSSR count). The highest BCUT2D eigenvalue weighted by molar-refractivity contribution is 6.31. The first-order valence-corrected chi connectivity index (χ1v) is 5.60. The van der Waals surface area contributed by atoms with Crippen molar-refractivity contribution < 1.29 is 24.5 Å². The summed E-state index contributed by atoms with van der Waals surface area (Å²) >= 11 is 5.78. The van der Waals surface area contributed by atoms with E-state index in [4.69, 9.17) is 26.6 Å². The van der Waals surface area contributed by atoms with E-state index in [9.17, 15) is 9.59 Å². The summed E-state index contributed by atoms with van der Waals surface area (Å²) < 4.78 is 5.01. The number of anilines is 1. The zero-order chi connectivity index (χ0) is 14.4. The van der Waals surface area contributed by atoms with Gasteiger partial charge in [-0.25, -0.2) is 9.59 Å². The van der Waals surface area contributed by atoms with E-state index in [-0.39, 0.29) is 5.69 Å². The quantitative estimate of drug-likeness (QED) is 0.644. The van der Waals surface area contributed by atoms with Crippen molar-refractivity contribution in [2.45, 2.75) is 6.04 Å². The summed E-state index contributed by atoms with van der Waals surface area (Å²) in [5.41, 5.74) is 0.287. The van der Waals surface area contributed by atoms with Gasteiger partial charge in [-0.1, -0.05) is 11.6 Å². The van der Waals surface area contributed by atoms with Gasteiger partial charge in [-0.05, 0) is 18.2 Å². The molecule has 0 heterocycles. The molecular formula is C11H13ClN2O5. The third-order valence-corrected chi connectivity index (χ3v) is 2.43. The number of rotatable bonds is 5. The SMILES string of the molecule is COc1ccc(Cl)cc1NC(=O)N[C@H](CO)C(=O)O. The first kappa shape index (κ1) is 15.1. The number of aliphatic hydroxyl groups excluding tert-OH is 1. The number of halogens is 1. The van der Waals surface area contributed by atoms with Crippen LogP contribution in [0.1, 0.15) is 0 Å². The molecule has 0 saturated heterocycles. The van der Waals surface area contributed by atoms with Crippen molar-refractivity contribution in [3.63, 3.8) is 0 Å². The number of carboxylic acids is 1. The Morgan fingerprint density at radius 2 is 2.16 bits per heavy atom. The first-order valence-electron chi connectivity index (χ1n) is 5.22. The standard InChI is InChI=1S/C11H13ClN2O5/c1-19-9-3-2-6(12)4-7(9)13-11(18)14-8(5-15)10(16)17/h2-4,8,15H,5H2,1H3,(H,16,17)(H2,13,14,18)/t8-/m1/s1. The van der Waals surface area contributed by atoms with Crippen LogP contribution in [0.25, 0.3) is 0 Å². The van der Waals surface area contributed by atoms with Gasteiger partial charge in [0.1, 0.15) is 5.75 Å². The normalized spacial score (nSPS) is 11.5. The van der Waals surface area contributed by atoms with Crippen LogP contribution in [0.2, 0.25) is 5.02 Å². The summed E-state index contributed by atoms with van der Waals surface area (Å²) in [4.78, 5) is 22.2. The maximum Gasteiger partial charge on any atom is 0.328 e. The van der Waals surface area contributed by atoms with Gasteiger partial charge in [-0.3, -0.25) is 0 Å². The van der Waals surface area contributed by atoms with Crippen LogP contribution in [-0.2, 0) is 4.79 Å². The van der Waals surface area contributed by atoms with E-state index >= 15 is 0 Å². The second-order valence-electron chi connectivity index (χ2n) is 3.52. The van der Waals surface area contributed by atoms with E-state index in [2.05, 4.69) is 10.6 Å². The molecular weight excluding hydrogens is 276 g/mol. The van der Waals surface area contributed by atoms with E-state index < -0.39 is 24.6 Å². The highest BCUT2D eigenvalue weighted by Crippen LogP contribution is 2.27. The van der Waals surface area contributed by atoms with Crippen molar-refractivity contribution in [1.29, 1.82) is 0 Å². The fraction of sp³-hybridized carbons (Fsp3) is 0.273. The number of hydrogen-bond acceptors (Lipinski definition) is 4. The third kappa shape index (κ3) is 4.31. The van der Waals surface area contributed by atoms with Gasteiger partial charge in [-0.2, -0.15) is 0 Å². The Morgan fingerprint density at radius 1 is 1.47 bits per heavy atom. The summed E-state index contributed by atoms with van der Waals surface area (Å²) in [6.07, 6.45) is 0. The fourth-order valence-corrected chi connectivity index (χ4v) is 1.45. The van der Waals surface area contributed by atoms with Gasteiger partial charge in [0.05, 0.1) is 19.4 Å². The number of carboxylic acid groups (broad SMARTS) is 1. The van der Waals surface area contributed by atoms with Crippen LogP contribution >= 0.6 is 11.6 Å². The average molecular weight is 289 g/mol. The number of carbonyl (C=O) groups excluding carboxylic acids is 1. The van der Waals surface area contributed by atoms with E-state index in [1.165, 1.54) is 13.2 Å². The van der Waals surface area contributed by atoms with Crippen LogP contribution in [0, 0.1) is 0 Å². The second kappa shape index (κ2) is 6.81. The number of aliphatic carboxylic acids is 1. The van der Waals surface area contributed by atoms with Gasteiger partial charge in [0.25, 0.3) is 0 Å². The Labute approximate surface area is 114 Å². The number of benzene rings is 1. The Hall–Kier alpha value is -1.99. The number of hydrogen-bond donors (Lipinski definition) is 4. The molecule has 0 unspecified atom stereocenters. The second-order valence-corrected chi connectivity index (χ2v) is 3.95. The van der Waals surface area contributed by atoms with E-state index in [0.29, 0.717) is 10.8 Å². The molecule has 19 heavy (non-hydrogen) atoms. The van der Waals surface area contributed by atoms with Crippen LogP contribution in [0.5, 0.6) is 5.75 Å². The molecule has 4 N–H and O–H groups in total. The number of ether oxygens (including phenoxy) is 1. The van der Waals surface area contributed by atoms with Crippen LogP contribution in [0.4, 0.5) is 10.5 Å². The molecule has 0 spiro atoms. The van der Waals surface area contributed by atoms with Crippen molar-refractivity contribution in [1.82, 2.24) is 5.32 Å². The lowest BCUT2D eigenvalue weighted by atomic mass is 10.3. The maximum atomic E-state index is 11.6. The topological polar surface area (TPSA) is 108 Å². The molecule has 8 heteroatoms. The number of urea groups is 1. The third-order valence-electron chi connectivity index (χ3n) is 2.20. The smallest absolute Gasteiger partial charge is 0.328 e.